The van der Waals surface area contributed by atoms with Crippen molar-refractivity contribution < 1.29 is 13.2 Å². The molecular weight excluding hydrogens is 312 g/mol. The maximum Gasteiger partial charge on any atom is 0.227 e. The Bertz CT molecular complexity index is 670. The van der Waals surface area contributed by atoms with Gasteiger partial charge in [0.15, 0.2) is 9.84 Å². The third kappa shape index (κ3) is 3.58. The molecule has 3 rings (SSSR count). The molecule has 1 N–H and O–H groups in total. The Balaban J connectivity index is 1.59. The number of hydrogen-bond acceptors (Lipinski definition) is 4. The quantitative estimate of drug-likeness (QED) is 0.893. The number of rotatable bonds is 5. The molecule has 2 heterocycles. The lowest BCUT2D eigenvalue weighted by atomic mass is 10.1. The number of hydrogen-bond donors (Lipinski definition) is 1. The first-order valence-corrected chi connectivity index (χ1v) is 10.0. The summed E-state index contributed by atoms with van der Waals surface area (Å²) in [5.41, 5.74) is 2.05. The van der Waals surface area contributed by atoms with E-state index in [1.807, 2.05) is 36.1 Å². The summed E-state index contributed by atoms with van der Waals surface area (Å²) in [7, 11) is -2.90. The Labute approximate surface area is 138 Å². The van der Waals surface area contributed by atoms with Crippen LogP contribution in [0.25, 0.3) is 0 Å². The van der Waals surface area contributed by atoms with Crippen LogP contribution in [0.15, 0.2) is 24.3 Å². The fourth-order valence-corrected chi connectivity index (χ4v) is 5.16. The molecule has 1 aromatic carbocycles. The molecule has 2 atom stereocenters. The first-order valence-electron chi connectivity index (χ1n) is 8.32. The van der Waals surface area contributed by atoms with Crippen LogP contribution in [0.1, 0.15) is 44.2 Å². The normalized spacial score (nSPS) is 25.0. The van der Waals surface area contributed by atoms with E-state index in [2.05, 4.69) is 5.32 Å². The van der Waals surface area contributed by atoms with Crippen molar-refractivity contribution >= 4 is 21.4 Å². The second-order valence-corrected chi connectivity index (χ2v) is 8.90. The lowest BCUT2D eigenvalue weighted by Crippen LogP contribution is -2.32. The maximum atomic E-state index is 11.9. The van der Waals surface area contributed by atoms with Crippen molar-refractivity contribution in [1.82, 2.24) is 5.32 Å². The summed E-state index contributed by atoms with van der Waals surface area (Å²) in [6.07, 6.45) is 3.10. The minimum Gasteiger partial charge on any atom is -0.312 e. The first kappa shape index (κ1) is 16.5. The second-order valence-electron chi connectivity index (χ2n) is 6.50. The highest BCUT2D eigenvalue weighted by molar-refractivity contribution is 7.92. The Morgan fingerprint density at radius 2 is 2.00 bits per heavy atom. The third-order valence-corrected chi connectivity index (χ3v) is 7.17. The number of anilines is 1. The van der Waals surface area contributed by atoms with Gasteiger partial charge in [-0.3, -0.25) is 4.79 Å². The van der Waals surface area contributed by atoms with Crippen molar-refractivity contribution in [2.24, 2.45) is 0 Å². The van der Waals surface area contributed by atoms with Crippen LogP contribution in [-0.2, 0) is 14.6 Å². The van der Waals surface area contributed by atoms with Gasteiger partial charge in [-0.2, -0.15) is 0 Å². The van der Waals surface area contributed by atoms with Crippen LogP contribution in [0.5, 0.6) is 0 Å². The van der Waals surface area contributed by atoms with Gasteiger partial charge >= 0.3 is 0 Å². The van der Waals surface area contributed by atoms with Crippen LogP contribution in [0.2, 0.25) is 0 Å². The monoisotopic (exact) mass is 336 g/mol. The molecule has 23 heavy (non-hydrogen) atoms. The molecule has 1 aromatic rings. The minimum atomic E-state index is -2.90. The molecule has 1 amide bonds. The lowest BCUT2D eigenvalue weighted by molar-refractivity contribution is -0.117. The Morgan fingerprint density at radius 1 is 1.26 bits per heavy atom. The fourth-order valence-electron chi connectivity index (χ4n) is 3.38. The molecule has 0 saturated carbocycles. The van der Waals surface area contributed by atoms with Crippen molar-refractivity contribution in [1.29, 1.82) is 0 Å². The first-order chi connectivity index (χ1) is 11.0. The third-order valence-electron chi connectivity index (χ3n) is 4.89. The fraction of sp³-hybridized carbons (Fsp3) is 0.588. The zero-order valence-corrected chi connectivity index (χ0v) is 14.3. The molecule has 2 fully saturated rings. The highest BCUT2D eigenvalue weighted by atomic mass is 32.2. The van der Waals surface area contributed by atoms with Crippen LogP contribution in [0, 0.1) is 0 Å². The minimum absolute atomic E-state index is 0.0918. The van der Waals surface area contributed by atoms with Crippen LogP contribution in [0.3, 0.4) is 0 Å². The van der Waals surface area contributed by atoms with Gasteiger partial charge in [0, 0.05) is 31.2 Å². The molecule has 0 aromatic heterocycles. The molecule has 6 heteroatoms. The van der Waals surface area contributed by atoms with Crippen molar-refractivity contribution in [3.8, 4) is 0 Å². The predicted octanol–water partition coefficient (Wildman–Crippen LogP) is 2.04. The molecule has 2 aliphatic rings. The summed E-state index contributed by atoms with van der Waals surface area (Å²) in [5, 5.41) is 3.09. The summed E-state index contributed by atoms with van der Waals surface area (Å²) in [5.74, 6) is 0.516. The Hall–Kier alpha value is -1.40. The standard InChI is InChI=1S/C17H24N2O3S/c1-13(18-12-16-4-3-11-23(16,21)22)14-6-8-15(9-7-14)19-10-2-5-17(19)20/h6-9,13,16,18H,2-5,10-12H2,1H3. The molecule has 5 nitrogen and oxygen atoms in total. The van der Waals surface area contributed by atoms with Crippen LogP contribution in [-0.4, -0.2) is 38.4 Å². The van der Waals surface area contributed by atoms with E-state index in [9.17, 15) is 13.2 Å². The molecule has 0 spiro atoms. The van der Waals surface area contributed by atoms with Crippen LogP contribution in [0.4, 0.5) is 5.69 Å². The van der Waals surface area contributed by atoms with E-state index in [-0.39, 0.29) is 17.2 Å². The zero-order valence-electron chi connectivity index (χ0n) is 13.5. The van der Waals surface area contributed by atoms with Gasteiger partial charge in [0.25, 0.3) is 0 Å². The highest BCUT2D eigenvalue weighted by Crippen LogP contribution is 2.24. The van der Waals surface area contributed by atoms with Crippen LogP contribution >= 0.6 is 0 Å². The molecule has 2 saturated heterocycles. The molecule has 2 unspecified atom stereocenters. The van der Waals surface area contributed by atoms with Gasteiger partial charge in [-0.15, -0.1) is 0 Å². The summed E-state index contributed by atoms with van der Waals surface area (Å²) in [4.78, 5) is 13.6. The summed E-state index contributed by atoms with van der Waals surface area (Å²) >= 11 is 0. The summed E-state index contributed by atoms with van der Waals surface area (Å²) in [6, 6.07) is 8.07. The van der Waals surface area contributed by atoms with E-state index in [0.29, 0.717) is 18.7 Å². The van der Waals surface area contributed by atoms with Gasteiger partial charge in [-0.25, -0.2) is 8.42 Å². The number of nitrogens with one attached hydrogen (secondary N) is 1. The van der Waals surface area contributed by atoms with E-state index in [0.717, 1.165) is 37.1 Å². The molecule has 126 valence electrons. The smallest absolute Gasteiger partial charge is 0.227 e. The zero-order chi connectivity index (χ0) is 16.4. The molecule has 2 aliphatic heterocycles. The molecule has 0 radical (unpaired) electrons. The molecule has 0 bridgehead atoms. The Morgan fingerprint density at radius 3 is 2.57 bits per heavy atom. The number of benzene rings is 1. The van der Waals surface area contributed by atoms with E-state index in [4.69, 9.17) is 0 Å². The van der Waals surface area contributed by atoms with Gasteiger partial charge in [0.1, 0.15) is 0 Å². The lowest BCUT2D eigenvalue weighted by Gasteiger charge is -2.19. The van der Waals surface area contributed by atoms with Crippen LogP contribution < -0.4 is 10.2 Å². The maximum absolute atomic E-state index is 11.9. The van der Waals surface area contributed by atoms with E-state index in [1.54, 1.807) is 0 Å². The van der Waals surface area contributed by atoms with E-state index < -0.39 is 9.84 Å². The van der Waals surface area contributed by atoms with Crippen molar-refractivity contribution in [2.45, 2.75) is 43.9 Å². The summed E-state index contributed by atoms with van der Waals surface area (Å²) in [6.45, 7) is 3.35. The largest absolute Gasteiger partial charge is 0.312 e. The number of amides is 1. The van der Waals surface area contributed by atoms with Gasteiger partial charge in [-0.05, 0) is 43.9 Å². The van der Waals surface area contributed by atoms with Gasteiger partial charge < -0.3 is 10.2 Å². The highest BCUT2D eigenvalue weighted by Gasteiger charge is 2.31. The van der Waals surface area contributed by atoms with Gasteiger partial charge in [0.2, 0.25) is 5.91 Å². The predicted molar refractivity (Wildman–Crippen MR) is 91.3 cm³/mol. The van der Waals surface area contributed by atoms with Crippen molar-refractivity contribution in [2.75, 3.05) is 23.7 Å². The number of carbonyl (C=O) groups excluding carboxylic acids is 1. The van der Waals surface area contributed by atoms with Gasteiger partial charge in [-0.1, -0.05) is 12.1 Å². The van der Waals surface area contributed by atoms with Gasteiger partial charge in [0.05, 0.1) is 11.0 Å². The average molecular weight is 336 g/mol. The van der Waals surface area contributed by atoms with E-state index in [1.165, 1.54) is 0 Å². The molecular formula is C17H24N2O3S. The second kappa shape index (κ2) is 6.61. The SMILES string of the molecule is CC(NCC1CCCS1(=O)=O)c1ccc(N2CCCC2=O)cc1. The summed E-state index contributed by atoms with van der Waals surface area (Å²) < 4.78 is 23.7. The molecule has 0 aliphatic carbocycles. The average Bonchev–Trinajstić information content (AvgIpc) is 3.10. The van der Waals surface area contributed by atoms with E-state index >= 15 is 0 Å². The Kier molecular flexibility index (Phi) is 4.73. The number of nitrogens with zero attached hydrogens (tertiary/aromatic N) is 1. The number of sulfone groups is 1. The topological polar surface area (TPSA) is 66.5 Å². The number of carbonyl (C=O) groups is 1. The van der Waals surface area contributed by atoms with Crippen molar-refractivity contribution in [3.63, 3.8) is 0 Å². The van der Waals surface area contributed by atoms with Crippen molar-refractivity contribution in [3.05, 3.63) is 29.8 Å².